The zero-order valence-electron chi connectivity index (χ0n) is 15.9. The first-order valence-corrected chi connectivity index (χ1v) is 12.8. The van der Waals surface area contributed by atoms with Crippen molar-refractivity contribution < 1.29 is 12.8 Å². The molecule has 0 fully saturated rings. The van der Waals surface area contributed by atoms with Crippen molar-refractivity contribution in [3.05, 3.63) is 43.0 Å². The predicted molar refractivity (Wildman–Crippen MR) is 105 cm³/mol. The first-order valence-electron chi connectivity index (χ1n) is 8.42. The minimum atomic E-state index is -3.45. The Bertz CT molecular complexity index is 645. The van der Waals surface area contributed by atoms with E-state index in [9.17, 15) is 8.42 Å². The Hall–Kier alpha value is -0.913. The Morgan fingerprint density at radius 2 is 1.67 bits per heavy atom. The first-order chi connectivity index (χ1) is 10.9. The zero-order valence-corrected chi connectivity index (χ0v) is 17.7. The van der Waals surface area contributed by atoms with E-state index in [2.05, 4.69) is 40.4 Å². The fourth-order valence-corrected chi connectivity index (χ4v) is 5.09. The molecule has 1 rings (SSSR count). The molecule has 1 aromatic carbocycles. The van der Waals surface area contributed by atoms with Gasteiger partial charge in [-0.2, -0.15) is 0 Å². The summed E-state index contributed by atoms with van der Waals surface area (Å²) in [5, 5.41) is 0.111. The van der Waals surface area contributed by atoms with Gasteiger partial charge in [-0.25, -0.2) is 8.42 Å². The molecule has 1 aromatic rings. The van der Waals surface area contributed by atoms with Gasteiger partial charge in [0.05, 0.1) is 9.64 Å². The summed E-state index contributed by atoms with van der Waals surface area (Å²) in [5.41, 5.74) is 0. The first kappa shape index (κ1) is 21.1. The highest BCUT2D eigenvalue weighted by atomic mass is 32.2. The SMILES string of the molecule is C=CC[C@@](C)(CCO[Si](C)(C)C(C)(C)C)S(=O)(=O)c1ccccc1. The summed E-state index contributed by atoms with van der Waals surface area (Å²) in [6, 6.07) is 8.65. The number of allylic oxidation sites excluding steroid dienone is 1. The molecule has 0 aromatic heterocycles. The Labute approximate surface area is 149 Å². The summed E-state index contributed by atoms with van der Waals surface area (Å²) in [5.74, 6) is 0. The number of rotatable bonds is 8. The Morgan fingerprint density at radius 3 is 2.12 bits per heavy atom. The molecule has 0 saturated heterocycles. The fraction of sp³-hybridized carbons (Fsp3) is 0.579. The maximum atomic E-state index is 13.1. The monoisotopic (exact) mass is 368 g/mol. The largest absolute Gasteiger partial charge is 0.417 e. The highest BCUT2D eigenvalue weighted by Gasteiger charge is 2.41. The van der Waals surface area contributed by atoms with E-state index in [1.165, 1.54) is 0 Å². The highest BCUT2D eigenvalue weighted by molar-refractivity contribution is 7.92. The Kier molecular flexibility index (Phi) is 6.64. The van der Waals surface area contributed by atoms with E-state index in [4.69, 9.17) is 4.43 Å². The van der Waals surface area contributed by atoms with Crippen LogP contribution in [-0.4, -0.2) is 28.1 Å². The lowest BCUT2D eigenvalue weighted by Crippen LogP contribution is -2.43. The maximum absolute atomic E-state index is 13.1. The van der Waals surface area contributed by atoms with Gasteiger partial charge in [0.25, 0.3) is 0 Å². The maximum Gasteiger partial charge on any atom is 0.191 e. The summed E-state index contributed by atoms with van der Waals surface area (Å²) in [6.45, 7) is 16.9. The van der Waals surface area contributed by atoms with E-state index < -0.39 is 22.9 Å². The fourth-order valence-electron chi connectivity index (χ4n) is 2.27. The van der Waals surface area contributed by atoms with Gasteiger partial charge >= 0.3 is 0 Å². The van der Waals surface area contributed by atoms with Crippen LogP contribution in [0.4, 0.5) is 0 Å². The van der Waals surface area contributed by atoms with E-state index in [0.717, 1.165) is 0 Å². The molecule has 0 aliphatic rings. The molecule has 0 spiro atoms. The van der Waals surface area contributed by atoms with Gasteiger partial charge in [-0.15, -0.1) is 6.58 Å². The summed E-state index contributed by atoms with van der Waals surface area (Å²) >= 11 is 0. The molecule has 0 aliphatic carbocycles. The molecular weight excluding hydrogens is 336 g/mol. The van der Waals surface area contributed by atoms with Crippen LogP contribution in [0.25, 0.3) is 0 Å². The molecule has 136 valence electrons. The molecule has 0 N–H and O–H groups in total. The highest BCUT2D eigenvalue weighted by Crippen LogP contribution is 2.38. The van der Waals surface area contributed by atoms with Crippen LogP contribution >= 0.6 is 0 Å². The third-order valence-electron chi connectivity index (χ3n) is 5.18. The van der Waals surface area contributed by atoms with Gasteiger partial charge in [0.15, 0.2) is 18.2 Å². The van der Waals surface area contributed by atoms with Crippen molar-refractivity contribution in [1.29, 1.82) is 0 Å². The number of hydrogen-bond acceptors (Lipinski definition) is 3. The average Bonchev–Trinajstić information content (AvgIpc) is 2.47. The molecule has 3 nitrogen and oxygen atoms in total. The smallest absolute Gasteiger partial charge is 0.191 e. The quantitative estimate of drug-likeness (QED) is 0.467. The molecule has 0 heterocycles. The minimum Gasteiger partial charge on any atom is -0.417 e. The summed E-state index contributed by atoms with van der Waals surface area (Å²) in [4.78, 5) is 0.363. The Balaban J connectivity index is 2.99. The van der Waals surface area contributed by atoms with Crippen molar-refractivity contribution in [2.75, 3.05) is 6.61 Å². The van der Waals surface area contributed by atoms with Gasteiger partial charge in [0, 0.05) is 6.61 Å². The van der Waals surface area contributed by atoms with Crippen LogP contribution < -0.4 is 0 Å². The van der Waals surface area contributed by atoms with E-state index in [-0.39, 0.29) is 5.04 Å². The van der Waals surface area contributed by atoms with E-state index in [0.29, 0.717) is 24.3 Å². The van der Waals surface area contributed by atoms with Crippen LogP contribution in [0.2, 0.25) is 18.1 Å². The molecule has 0 aliphatic heterocycles. The Morgan fingerprint density at radius 1 is 1.12 bits per heavy atom. The van der Waals surface area contributed by atoms with Crippen LogP contribution in [0.15, 0.2) is 47.9 Å². The second-order valence-electron chi connectivity index (χ2n) is 8.12. The second kappa shape index (κ2) is 7.54. The lowest BCUT2D eigenvalue weighted by Gasteiger charge is -2.37. The third-order valence-corrected chi connectivity index (χ3v) is 12.3. The molecule has 5 heteroatoms. The molecule has 0 bridgehead atoms. The molecule has 0 unspecified atom stereocenters. The minimum absolute atomic E-state index is 0.111. The summed E-state index contributed by atoms with van der Waals surface area (Å²) in [6.07, 6.45) is 2.56. The van der Waals surface area contributed by atoms with Crippen LogP contribution in [0, 0.1) is 0 Å². The van der Waals surface area contributed by atoms with Gasteiger partial charge < -0.3 is 4.43 Å². The van der Waals surface area contributed by atoms with Crippen LogP contribution in [0.5, 0.6) is 0 Å². The summed E-state index contributed by atoms with van der Waals surface area (Å²) < 4.78 is 31.5. The van der Waals surface area contributed by atoms with E-state index in [1.807, 2.05) is 6.07 Å². The van der Waals surface area contributed by atoms with Crippen molar-refractivity contribution in [2.45, 2.75) is 68.3 Å². The second-order valence-corrected chi connectivity index (χ2v) is 15.4. The summed E-state index contributed by atoms with van der Waals surface area (Å²) in [7, 11) is -5.34. The van der Waals surface area contributed by atoms with Gasteiger partial charge in [-0.1, -0.05) is 45.0 Å². The van der Waals surface area contributed by atoms with Gasteiger partial charge in [0.2, 0.25) is 0 Å². The standard InChI is InChI=1S/C19H32O3SSi/c1-8-14-19(5,15-16-22-24(6,7)18(2,3)4)23(20,21)17-12-10-9-11-13-17/h8-13H,1,14-16H2,2-7H3/t19-/m0/s1. The topological polar surface area (TPSA) is 43.4 Å². The van der Waals surface area contributed by atoms with Gasteiger partial charge in [0.1, 0.15) is 0 Å². The molecule has 24 heavy (non-hydrogen) atoms. The van der Waals surface area contributed by atoms with Crippen molar-refractivity contribution in [1.82, 2.24) is 0 Å². The normalized spacial score (nSPS) is 15.8. The van der Waals surface area contributed by atoms with E-state index in [1.54, 1.807) is 37.3 Å². The lowest BCUT2D eigenvalue weighted by atomic mass is 10.0. The van der Waals surface area contributed by atoms with Gasteiger partial charge in [-0.05, 0) is 50.0 Å². The van der Waals surface area contributed by atoms with E-state index >= 15 is 0 Å². The average molecular weight is 369 g/mol. The number of sulfone groups is 1. The van der Waals surface area contributed by atoms with Crippen molar-refractivity contribution >= 4 is 18.2 Å². The van der Waals surface area contributed by atoms with Crippen molar-refractivity contribution in [3.63, 3.8) is 0 Å². The molecular formula is C19H32O3SSi. The zero-order chi connectivity index (χ0) is 18.6. The molecule has 1 atom stereocenters. The van der Waals surface area contributed by atoms with Crippen LogP contribution in [-0.2, 0) is 14.3 Å². The number of hydrogen-bond donors (Lipinski definition) is 0. The van der Waals surface area contributed by atoms with Crippen molar-refractivity contribution in [3.8, 4) is 0 Å². The van der Waals surface area contributed by atoms with Crippen LogP contribution in [0.3, 0.4) is 0 Å². The molecule has 0 radical (unpaired) electrons. The molecule has 0 amide bonds. The predicted octanol–water partition coefficient (Wildman–Crippen LogP) is 5.21. The van der Waals surface area contributed by atoms with Crippen LogP contribution in [0.1, 0.15) is 40.5 Å². The third kappa shape index (κ3) is 4.58. The van der Waals surface area contributed by atoms with Crippen molar-refractivity contribution in [2.24, 2.45) is 0 Å². The van der Waals surface area contributed by atoms with Gasteiger partial charge in [-0.3, -0.25) is 0 Å². The molecule has 0 saturated carbocycles. The lowest BCUT2D eigenvalue weighted by molar-refractivity contribution is 0.265. The number of benzene rings is 1.